The lowest BCUT2D eigenvalue weighted by Gasteiger charge is -2.57. The van der Waals surface area contributed by atoms with E-state index in [9.17, 15) is 18.8 Å². The van der Waals surface area contributed by atoms with Gasteiger partial charge in [0, 0.05) is 13.1 Å². The lowest BCUT2D eigenvalue weighted by atomic mass is 9.48. The van der Waals surface area contributed by atoms with Gasteiger partial charge in [-0.15, -0.1) is 0 Å². The largest absolute Gasteiger partial charge is 0.484 e. The van der Waals surface area contributed by atoms with Crippen molar-refractivity contribution in [3.05, 3.63) is 114 Å². The number of methoxy groups -OCH3 is 1. The molecular weight excluding hydrogens is 724 g/mol. The van der Waals surface area contributed by atoms with E-state index >= 15 is 0 Å². The first kappa shape index (κ1) is 39.8. The summed E-state index contributed by atoms with van der Waals surface area (Å²) in [5.41, 5.74) is 3.47. The minimum atomic E-state index is -0.729. The molecule has 8 rings (SSSR count). The van der Waals surface area contributed by atoms with E-state index in [0.717, 1.165) is 28.9 Å². The summed E-state index contributed by atoms with van der Waals surface area (Å²) in [7, 11) is 2.94. The van der Waals surface area contributed by atoms with Crippen molar-refractivity contribution in [2.24, 2.45) is 23.7 Å². The molecule has 57 heavy (non-hydrogen) atoms. The number of hydrogen-bond acceptors (Lipinski definition) is 7. The average Bonchev–Trinajstić information content (AvgIpc) is 3.17. The van der Waals surface area contributed by atoms with Crippen molar-refractivity contribution in [1.29, 1.82) is 0 Å². The number of carbonyl (C=O) groups is 3. The highest BCUT2D eigenvalue weighted by molar-refractivity contribution is 5.99. The maximum Gasteiger partial charge on any atom is 0.414 e. The van der Waals surface area contributed by atoms with Gasteiger partial charge in [-0.3, -0.25) is 14.5 Å². The van der Waals surface area contributed by atoms with Gasteiger partial charge in [0.05, 0.1) is 24.4 Å². The number of esters is 1. The van der Waals surface area contributed by atoms with Crippen LogP contribution < -0.4 is 19.7 Å². The van der Waals surface area contributed by atoms with Crippen molar-refractivity contribution in [2.45, 2.75) is 83.2 Å². The number of nitrogens with zero attached hydrogens (tertiary/aromatic N) is 1. The van der Waals surface area contributed by atoms with Gasteiger partial charge in [0.1, 0.15) is 28.7 Å². The zero-order valence-electron chi connectivity index (χ0n) is 33.5. The third-order valence-corrected chi connectivity index (χ3v) is 11.7. The molecule has 0 saturated heterocycles. The lowest BCUT2D eigenvalue weighted by Crippen LogP contribution is -2.48. The van der Waals surface area contributed by atoms with E-state index in [2.05, 4.69) is 17.4 Å². The number of ether oxygens (including phenoxy) is 4. The normalized spacial score (nSPS) is 21.3. The summed E-state index contributed by atoms with van der Waals surface area (Å²) in [5.74, 6) is 2.68. The molecule has 4 fully saturated rings. The van der Waals surface area contributed by atoms with Crippen LogP contribution in [0.3, 0.4) is 0 Å². The predicted octanol–water partition coefficient (Wildman–Crippen LogP) is 10.0. The van der Waals surface area contributed by atoms with Crippen LogP contribution in [-0.4, -0.2) is 44.3 Å². The molecule has 0 aromatic heterocycles. The molecule has 1 atom stereocenters. The Morgan fingerprint density at radius 1 is 0.789 bits per heavy atom. The topological polar surface area (TPSA) is 103 Å². The van der Waals surface area contributed by atoms with Gasteiger partial charge in [0.15, 0.2) is 6.61 Å². The average molecular weight is 777 g/mol. The zero-order valence-corrected chi connectivity index (χ0v) is 33.5. The summed E-state index contributed by atoms with van der Waals surface area (Å²) < 4.78 is 36.2. The van der Waals surface area contributed by atoms with E-state index in [1.807, 2.05) is 24.3 Å². The molecule has 4 bridgehead atoms. The van der Waals surface area contributed by atoms with Gasteiger partial charge in [0.25, 0.3) is 5.91 Å². The van der Waals surface area contributed by atoms with Crippen LogP contribution in [0, 0.1) is 29.5 Å². The smallest absolute Gasteiger partial charge is 0.414 e. The summed E-state index contributed by atoms with van der Waals surface area (Å²) in [4.78, 5) is 40.3. The molecule has 300 valence electrons. The summed E-state index contributed by atoms with van der Waals surface area (Å²) in [6, 6.07) is 26.9. The van der Waals surface area contributed by atoms with Gasteiger partial charge >= 0.3 is 12.1 Å². The molecule has 4 aromatic rings. The van der Waals surface area contributed by atoms with E-state index < -0.39 is 23.5 Å². The Kier molecular flexibility index (Phi) is 11.6. The van der Waals surface area contributed by atoms with Crippen molar-refractivity contribution in [1.82, 2.24) is 0 Å². The molecular formula is C47H53FN2O7. The Labute approximate surface area is 334 Å². The summed E-state index contributed by atoms with van der Waals surface area (Å²) in [6.45, 7) is 5.09. The predicted molar refractivity (Wildman–Crippen MR) is 217 cm³/mol. The SMILES string of the molecule is COC(=O)C(Cc1ccc(F)cc1)Cc1ccc(OCC(=O)Nc2ccc(Oc3ccc(C45CC6CC(CC(C6)C4)C5)cc3)cc2N(C)C(=O)OC(C)(C)C)cc1. The maximum atomic E-state index is 13.4. The molecule has 0 aliphatic heterocycles. The fraction of sp³-hybridized carbons (Fsp3) is 0.426. The minimum Gasteiger partial charge on any atom is -0.484 e. The number of rotatable bonds is 13. The van der Waals surface area contributed by atoms with E-state index in [1.165, 1.54) is 68.2 Å². The molecule has 2 amide bonds. The highest BCUT2D eigenvalue weighted by Gasteiger charge is 2.51. The number of anilines is 2. The quantitative estimate of drug-likeness (QED) is 0.135. The van der Waals surface area contributed by atoms with Crippen molar-refractivity contribution in [3.8, 4) is 17.2 Å². The van der Waals surface area contributed by atoms with Gasteiger partial charge < -0.3 is 24.3 Å². The first-order chi connectivity index (χ1) is 27.2. The molecule has 1 N–H and O–H groups in total. The number of carbonyl (C=O) groups excluding carboxylic acids is 3. The molecule has 10 heteroatoms. The molecule has 9 nitrogen and oxygen atoms in total. The van der Waals surface area contributed by atoms with Crippen LogP contribution in [-0.2, 0) is 37.3 Å². The van der Waals surface area contributed by atoms with Crippen LogP contribution in [0.2, 0.25) is 0 Å². The van der Waals surface area contributed by atoms with Gasteiger partial charge in [0.2, 0.25) is 0 Å². The van der Waals surface area contributed by atoms with Gasteiger partial charge in [-0.25, -0.2) is 9.18 Å². The second-order valence-corrected chi connectivity index (χ2v) is 17.3. The van der Waals surface area contributed by atoms with Gasteiger partial charge in [-0.1, -0.05) is 36.4 Å². The molecule has 0 heterocycles. The van der Waals surface area contributed by atoms with E-state index in [-0.39, 0.29) is 18.4 Å². The summed E-state index contributed by atoms with van der Waals surface area (Å²) in [6.07, 6.45) is 8.33. The van der Waals surface area contributed by atoms with Crippen molar-refractivity contribution < 1.29 is 37.7 Å². The van der Waals surface area contributed by atoms with Crippen LogP contribution in [0.5, 0.6) is 17.2 Å². The Balaban J connectivity index is 0.997. The van der Waals surface area contributed by atoms with Crippen molar-refractivity contribution in [2.75, 3.05) is 31.0 Å². The summed E-state index contributed by atoms with van der Waals surface area (Å²) in [5, 5.41) is 2.88. The molecule has 4 saturated carbocycles. The van der Waals surface area contributed by atoms with Gasteiger partial charge in [-0.05, 0) is 161 Å². The highest BCUT2D eigenvalue weighted by Crippen LogP contribution is 2.60. The summed E-state index contributed by atoms with van der Waals surface area (Å²) >= 11 is 0. The van der Waals surface area contributed by atoms with Crippen molar-refractivity contribution in [3.63, 3.8) is 0 Å². The number of halogens is 1. The molecule has 0 spiro atoms. The fourth-order valence-electron chi connectivity index (χ4n) is 9.52. The fourth-order valence-corrected chi connectivity index (χ4v) is 9.52. The zero-order chi connectivity index (χ0) is 40.3. The van der Waals surface area contributed by atoms with Crippen LogP contribution in [0.15, 0.2) is 91.0 Å². The van der Waals surface area contributed by atoms with E-state index in [1.54, 1.807) is 70.3 Å². The number of benzene rings is 4. The van der Waals surface area contributed by atoms with Gasteiger partial charge in [-0.2, -0.15) is 0 Å². The monoisotopic (exact) mass is 776 g/mol. The molecule has 4 aliphatic rings. The number of amides is 2. The van der Waals surface area contributed by atoms with Crippen LogP contribution >= 0.6 is 0 Å². The van der Waals surface area contributed by atoms with Crippen molar-refractivity contribution >= 4 is 29.3 Å². The Morgan fingerprint density at radius 2 is 1.33 bits per heavy atom. The second-order valence-electron chi connectivity index (χ2n) is 17.3. The van der Waals surface area contributed by atoms with E-state index in [0.29, 0.717) is 46.9 Å². The molecule has 0 radical (unpaired) electrons. The number of hydrogen-bond donors (Lipinski definition) is 1. The van der Waals surface area contributed by atoms with E-state index in [4.69, 9.17) is 18.9 Å². The molecule has 4 aromatic carbocycles. The minimum absolute atomic E-state index is 0.293. The third-order valence-electron chi connectivity index (χ3n) is 11.7. The van der Waals surface area contributed by atoms with Crippen LogP contribution in [0.4, 0.5) is 20.6 Å². The number of nitrogens with one attached hydrogen (secondary N) is 1. The van der Waals surface area contributed by atoms with Crippen LogP contribution in [0.1, 0.15) is 76.0 Å². The molecule has 4 aliphatic carbocycles. The Hall–Kier alpha value is -5.38. The first-order valence-corrected chi connectivity index (χ1v) is 20.0. The Morgan fingerprint density at radius 3 is 1.89 bits per heavy atom. The Bertz CT molecular complexity index is 2020. The second kappa shape index (κ2) is 16.6. The highest BCUT2D eigenvalue weighted by atomic mass is 19.1. The maximum absolute atomic E-state index is 13.4. The molecule has 1 unspecified atom stereocenters. The lowest BCUT2D eigenvalue weighted by molar-refractivity contribution is -0.145. The van der Waals surface area contributed by atoms with Crippen LogP contribution in [0.25, 0.3) is 0 Å². The first-order valence-electron chi connectivity index (χ1n) is 20.0. The standard InChI is InChI=1S/C47H53FN2O7/c1-46(2,3)57-45(53)50(4)42-25-40(56-39-16-10-36(11-17-39)47-26-32-20-33(27-47)22-34(21-32)28-47)18-19-41(42)49-43(51)29-55-38-14-8-31(9-15-38)24-35(44(52)54-5)23-30-6-12-37(48)13-7-30/h6-19,25,32-35H,20-24,26-29H2,1-5H3,(H,49,51). The third kappa shape index (κ3) is 9.78.